The van der Waals surface area contributed by atoms with Crippen molar-refractivity contribution in [2.45, 2.75) is 22.6 Å². The van der Waals surface area contributed by atoms with Crippen LogP contribution in [0.15, 0.2) is 82.6 Å². The van der Waals surface area contributed by atoms with Gasteiger partial charge in [0.05, 0.1) is 17.9 Å². The van der Waals surface area contributed by atoms with E-state index < -0.39 is 0 Å². The highest BCUT2D eigenvalue weighted by atomic mass is 32.2. The van der Waals surface area contributed by atoms with Crippen LogP contribution in [0.3, 0.4) is 0 Å². The normalized spacial score (nSPS) is 15.0. The van der Waals surface area contributed by atoms with Crippen molar-refractivity contribution >= 4 is 34.7 Å². The number of benzene rings is 3. The summed E-state index contributed by atoms with van der Waals surface area (Å²) in [5.74, 6) is 0.118. The number of hydrogen-bond donors (Lipinski definition) is 0. The zero-order valence-corrected chi connectivity index (χ0v) is 15.8. The van der Waals surface area contributed by atoms with Gasteiger partial charge < -0.3 is 4.90 Å². The number of para-hydroxylation sites is 3. The molecule has 0 saturated heterocycles. The molecule has 0 bridgehead atoms. The third-order valence-corrected chi connectivity index (χ3v) is 6.34. The Kier molecular flexibility index (Phi) is 4.13. The molecule has 0 N–H and O–H groups in total. The minimum atomic E-state index is 0.118. The molecule has 5 rings (SSSR count). The zero-order chi connectivity index (χ0) is 18.2. The molecule has 134 valence electrons. The summed E-state index contributed by atoms with van der Waals surface area (Å²) < 4.78 is 0. The highest BCUT2D eigenvalue weighted by Crippen LogP contribution is 2.48. The smallest absolute Gasteiger partial charge is 0.251 e. The summed E-state index contributed by atoms with van der Waals surface area (Å²) in [6.07, 6.45) is 2.18. The molecule has 4 heteroatoms. The molecule has 0 unspecified atom stereocenters. The standard InChI is InChI=1S/C23H20N2OS/c26-23(16-24-15-7-9-17-8-1-2-10-18(17)24)25-19-11-3-5-13-21(19)27-22-14-6-4-12-20(22)25/h1-6,8,10-14H,7,9,15-16H2. The molecule has 0 atom stereocenters. The number of aryl methyl sites for hydroxylation is 1. The van der Waals surface area contributed by atoms with E-state index in [2.05, 4.69) is 41.3 Å². The minimum absolute atomic E-state index is 0.118. The van der Waals surface area contributed by atoms with Gasteiger partial charge in [-0.1, -0.05) is 54.2 Å². The second kappa shape index (κ2) is 6.78. The second-order valence-electron chi connectivity index (χ2n) is 6.92. The fraction of sp³-hybridized carbons (Fsp3) is 0.174. The van der Waals surface area contributed by atoms with Gasteiger partial charge in [-0.3, -0.25) is 9.69 Å². The Morgan fingerprint density at radius 2 is 1.41 bits per heavy atom. The molecule has 1 amide bonds. The van der Waals surface area contributed by atoms with Gasteiger partial charge in [-0.25, -0.2) is 0 Å². The van der Waals surface area contributed by atoms with Gasteiger partial charge >= 0.3 is 0 Å². The van der Waals surface area contributed by atoms with E-state index in [9.17, 15) is 4.79 Å². The van der Waals surface area contributed by atoms with Crippen molar-refractivity contribution in [1.82, 2.24) is 0 Å². The van der Waals surface area contributed by atoms with Crippen LogP contribution in [0.2, 0.25) is 0 Å². The van der Waals surface area contributed by atoms with Gasteiger partial charge in [0.1, 0.15) is 0 Å². The Morgan fingerprint density at radius 1 is 0.815 bits per heavy atom. The molecule has 0 aromatic heterocycles. The van der Waals surface area contributed by atoms with E-state index in [-0.39, 0.29) is 5.91 Å². The molecule has 27 heavy (non-hydrogen) atoms. The van der Waals surface area contributed by atoms with Crippen LogP contribution in [0.5, 0.6) is 0 Å². The number of rotatable bonds is 2. The van der Waals surface area contributed by atoms with E-state index in [1.165, 1.54) is 11.3 Å². The lowest BCUT2D eigenvalue weighted by Crippen LogP contribution is -2.41. The van der Waals surface area contributed by atoms with Gasteiger partial charge in [-0.05, 0) is 48.7 Å². The van der Waals surface area contributed by atoms with Gasteiger partial charge in [0.25, 0.3) is 5.91 Å². The van der Waals surface area contributed by atoms with E-state index in [1.807, 2.05) is 41.3 Å². The summed E-state index contributed by atoms with van der Waals surface area (Å²) in [4.78, 5) is 19.9. The van der Waals surface area contributed by atoms with E-state index in [0.717, 1.165) is 40.6 Å². The van der Waals surface area contributed by atoms with Gasteiger partial charge in [-0.2, -0.15) is 0 Å². The molecule has 3 aromatic rings. The molecule has 2 heterocycles. The first-order valence-corrected chi connectivity index (χ1v) is 10.1. The van der Waals surface area contributed by atoms with Crippen LogP contribution in [0.4, 0.5) is 17.1 Å². The molecular weight excluding hydrogens is 352 g/mol. The van der Waals surface area contributed by atoms with Crippen LogP contribution in [-0.2, 0) is 11.2 Å². The van der Waals surface area contributed by atoms with Crippen LogP contribution in [0.25, 0.3) is 0 Å². The molecule has 3 nitrogen and oxygen atoms in total. The number of carbonyl (C=O) groups excluding carboxylic acids is 1. The lowest BCUT2D eigenvalue weighted by molar-refractivity contribution is -0.116. The van der Waals surface area contributed by atoms with E-state index in [4.69, 9.17) is 0 Å². The number of amides is 1. The third kappa shape index (κ3) is 2.90. The Hall–Kier alpha value is -2.72. The van der Waals surface area contributed by atoms with Crippen molar-refractivity contribution in [3.8, 4) is 0 Å². The molecular formula is C23H20N2OS. The summed E-state index contributed by atoms with van der Waals surface area (Å²) >= 11 is 1.73. The summed E-state index contributed by atoms with van der Waals surface area (Å²) in [6, 6.07) is 24.8. The Morgan fingerprint density at radius 3 is 2.11 bits per heavy atom. The quantitative estimate of drug-likeness (QED) is 0.612. The summed E-state index contributed by atoms with van der Waals surface area (Å²) in [7, 11) is 0. The maximum Gasteiger partial charge on any atom is 0.251 e. The lowest BCUT2D eigenvalue weighted by atomic mass is 10.0. The van der Waals surface area contributed by atoms with E-state index >= 15 is 0 Å². The molecule has 2 aliphatic heterocycles. The Balaban J connectivity index is 1.51. The van der Waals surface area contributed by atoms with Crippen LogP contribution in [0.1, 0.15) is 12.0 Å². The van der Waals surface area contributed by atoms with Crippen LogP contribution in [0, 0.1) is 0 Å². The largest absolute Gasteiger partial charge is 0.362 e. The van der Waals surface area contributed by atoms with E-state index in [1.54, 1.807) is 11.8 Å². The molecule has 0 saturated carbocycles. The van der Waals surface area contributed by atoms with Crippen molar-refractivity contribution in [2.75, 3.05) is 22.9 Å². The highest BCUT2D eigenvalue weighted by molar-refractivity contribution is 7.99. The van der Waals surface area contributed by atoms with Crippen molar-refractivity contribution in [3.63, 3.8) is 0 Å². The number of anilines is 3. The first-order valence-electron chi connectivity index (χ1n) is 9.33. The lowest BCUT2D eigenvalue weighted by Gasteiger charge is -2.35. The molecule has 0 aliphatic carbocycles. The van der Waals surface area contributed by atoms with Gasteiger partial charge in [-0.15, -0.1) is 0 Å². The number of fused-ring (bicyclic) bond motifs is 3. The fourth-order valence-electron chi connectivity index (χ4n) is 3.98. The average molecular weight is 372 g/mol. The number of hydrogen-bond acceptors (Lipinski definition) is 3. The predicted molar refractivity (Wildman–Crippen MR) is 111 cm³/mol. The number of nitrogens with zero attached hydrogens (tertiary/aromatic N) is 2. The Bertz CT molecular complexity index is 971. The third-order valence-electron chi connectivity index (χ3n) is 5.21. The van der Waals surface area contributed by atoms with Crippen LogP contribution >= 0.6 is 11.8 Å². The van der Waals surface area contributed by atoms with Crippen molar-refractivity contribution in [1.29, 1.82) is 0 Å². The molecule has 2 aliphatic rings. The maximum atomic E-state index is 13.5. The van der Waals surface area contributed by atoms with Gasteiger partial charge in [0.15, 0.2) is 0 Å². The number of carbonyl (C=O) groups is 1. The highest BCUT2D eigenvalue weighted by Gasteiger charge is 2.29. The summed E-state index contributed by atoms with van der Waals surface area (Å²) in [5, 5.41) is 0. The molecule has 0 fully saturated rings. The average Bonchev–Trinajstić information content (AvgIpc) is 2.72. The van der Waals surface area contributed by atoms with Gasteiger partial charge in [0.2, 0.25) is 0 Å². The fourth-order valence-corrected chi connectivity index (χ4v) is 5.04. The second-order valence-corrected chi connectivity index (χ2v) is 8.00. The minimum Gasteiger partial charge on any atom is -0.362 e. The summed E-state index contributed by atoms with van der Waals surface area (Å²) in [6.45, 7) is 1.32. The predicted octanol–water partition coefficient (Wildman–Crippen LogP) is 5.27. The summed E-state index contributed by atoms with van der Waals surface area (Å²) in [5.41, 5.74) is 4.50. The van der Waals surface area contributed by atoms with E-state index in [0.29, 0.717) is 6.54 Å². The van der Waals surface area contributed by atoms with Crippen molar-refractivity contribution in [2.24, 2.45) is 0 Å². The first-order chi connectivity index (χ1) is 13.3. The molecule has 3 aromatic carbocycles. The SMILES string of the molecule is O=C(CN1CCCc2ccccc21)N1c2ccccc2Sc2ccccc21. The zero-order valence-electron chi connectivity index (χ0n) is 15.0. The van der Waals surface area contributed by atoms with Crippen LogP contribution < -0.4 is 9.80 Å². The Labute approximate surface area is 163 Å². The first kappa shape index (κ1) is 16.5. The molecule has 0 radical (unpaired) electrons. The van der Waals surface area contributed by atoms with Crippen molar-refractivity contribution < 1.29 is 4.79 Å². The van der Waals surface area contributed by atoms with Crippen molar-refractivity contribution in [3.05, 3.63) is 78.4 Å². The van der Waals surface area contributed by atoms with Crippen LogP contribution in [-0.4, -0.2) is 19.0 Å². The molecule has 0 spiro atoms. The topological polar surface area (TPSA) is 23.6 Å². The van der Waals surface area contributed by atoms with Gasteiger partial charge in [0, 0.05) is 22.0 Å². The maximum absolute atomic E-state index is 13.5. The monoisotopic (exact) mass is 372 g/mol.